The van der Waals surface area contributed by atoms with Crippen LogP contribution in [0.1, 0.15) is 278 Å². The second-order valence-electron chi connectivity index (χ2n) is 19.5. The molecule has 0 aliphatic carbocycles. The van der Waals surface area contributed by atoms with Crippen LogP contribution in [-0.4, -0.2) is 37.2 Å². The largest absolute Gasteiger partial charge is 0.462 e. The molecule has 0 fully saturated rings. The number of esters is 3. The molecule has 0 amide bonds. The summed E-state index contributed by atoms with van der Waals surface area (Å²) in [5, 5.41) is 0. The Morgan fingerprint density at radius 2 is 0.563 bits per heavy atom. The molecule has 0 N–H and O–H groups in total. The smallest absolute Gasteiger partial charge is 0.306 e. The minimum atomic E-state index is -0.784. The normalized spacial score (nSPS) is 12.8. The molecule has 0 aliphatic heterocycles. The molecule has 71 heavy (non-hydrogen) atoms. The molecular formula is C65H110O6. The zero-order valence-corrected chi connectivity index (χ0v) is 46.5. The summed E-state index contributed by atoms with van der Waals surface area (Å²) in [6.07, 6.45) is 78.4. The number of hydrogen-bond acceptors (Lipinski definition) is 6. The van der Waals surface area contributed by atoms with Gasteiger partial charge in [-0.15, -0.1) is 0 Å². The van der Waals surface area contributed by atoms with E-state index in [1.54, 1.807) is 0 Å². The monoisotopic (exact) mass is 987 g/mol. The molecule has 0 heterocycles. The average Bonchev–Trinajstić information content (AvgIpc) is 3.37. The van der Waals surface area contributed by atoms with Crippen molar-refractivity contribution in [3.8, 4) is 0 Å². The molecule has 0 aromatic rings. The number of ether oxygens (including phenoxy) is 3. The van der Waals surface area contributed by atoms with Crippen LogP contribution >= 0.6 is 0 Å². The summed E-state index contributed by atoms with van der Waals surface area (Å²) in [5.74, 6) is -0.898. The van der Waals surface area contributed by atoms with Gasteiger partial charge in [-0.25, -0.2) is 0 Å². The highest BCUT2D eigenvalue weighted by Crippen LogP contribution is 2.15. The zero-order valence-electron chi connectivity index (χ0n) is 46.5. The fourth-order valence-electron chi connectivity index (χ4n) is 8.11. The predicted octanol–water partition coefficient (Wildman–Crippen LogP) is 20.1. The first-order chi connectivity index (χ1) is 35.0. The van der Waals surface area contributed by atoms with Gasteiger partial charge in [-0.1, -0.05) is 259 Å². The Hall–Kier alpha value is -3.67. The van der Waals surface area contributed by atoms with E-state index in [2.05, 4.69) is 118 Å². The molecule has 1 unspecified atom stereocenters. The fourth-order valence-corrected chi connectivity index (χ4v) is 8.11. The van der Waals surface area contributed by atoms with Crippen molar-refractivity contribution < 1.29 is 28.6 Å². The van der Waals surface area contributed by atoms with E-state index in [9.17, 15) is 14.4 Å². The molecule has 0 aromatic heterocycles. The Bertz CT molecular complexity index is 1410. The van der Waals surface area contributed by atoms with Crippen LogP contribution in [0.25, 0.3) is 0 Å². The van der Waals surface area contributed by atoms with E-state index in [-0.39, 0.29) is 31.1 Å². The third kappa shape index (κ3) is 57.1. The molecule has 0 saturated heterocycles. The minimum Gasteiger partial charge on any atom is -0.462 e. The highest BCUT2D eigenvalue weighted by molar-refractivity contribution is 5.71. The number of allylic oxidation sites excluding steroid dienone is 16. The van der Waals surface area contributed by atoms with Crippen molar-refractivity contribution >= 4 is 17.9 Å². The van der Waals surface area contributed by atoms with Crippen molar-refractivity contribution in [3.63, 3.8) is 0 Å². The topological polar surface area (TPSA) is 78.9 Å². The van der Waals surface area contributed by atoms with Gasteiger partial charge in [-0.3, -0.25) is 14.4 Å². The maximum atomic E-state index is 12.8. The second-order valence-corrected chi connectivity index (χ2v) is 19.5. The van der Waals surface area contributed by atoms with Crippen LogP contribution in [0.2, 0.25) is 0 Å². The van der Waals surface area contributed by atoms with Gasteiger partial charge in [0, 0.05) is 19.3 Å². The highest BCUT2D eigenvalue weighted by Gasteiger charge is 2.19. The van der Waals surface area contributed by atoms with Crippen molar-refractivity contribution in [3.05, 3.63) is 97.2 Å². The second kappa shape index (κ2) is 58.9. The van der Waals surface area contributed by atoms with Crippen molar-refractivity contribution in [1.29, 1.82) is 0 Å². The van der Waals surface area contributed by atoms with Gasteiger partial charge in [0.05, 0.1) is 0 Å². The lowest BCUT2D eigenvalue weighted by molar-refractivity contribution is -0.167. The summed E-state index contributed by atoms with van der Waals surface area (Å²) in [7, 11) is 0. The van der Waals surface area contributed by atoms with Crippen molar-refractivity contribution in [2.24, 2.45) is 0 Å². The van der Waals surface area contributed by atoms with Crippen LogP contribution in [-0.2, 0) is 28.6 Å². The van der Waals surface area contributed by atoms with Crippen molar-refractivity contribution in [2.45, 2.75) is 284 Å². The standard InChI is InChI=1S/C65H110O6/c1-4-7-10-13-16-19-22-24-26-27-28-29-30-31-32-33-34-35-36-37-38-39-40-42-43-46-49-52-55-58-64(67)70-61-62(60-69-63(66)57-54-51-48-45-21-18-15-12-9-6-3)71-65(68)59-56-53-50-47-44-41-25-23-20-17-14-11-8-5-2/h7,10,14,16-17,19,23-26,28-29,31-32,34-35,62H,4-6,8-9,11-13,15,18,20-22,27,30,33,36-61H2,1-3H3/b10-7-,17-14-,19-16-,25-23-,26-24-,29-28-,32-31-,35-34-. The Kier molecular flexibility index (Phi) is 55.9. The van der Waals surface area contributed by atoms with Gasteiger partial charge in [-0.2, -0.15) is 0 Å². The Labute approximate surface area is 438 Å². The van der Waals surface area contributed by atoms with Crippen LogP contribution in [0, 0.1) is 0 Å². The van der Waals surface area contributed by atoms with Gasteiger partial charge < -0.3 is 14.2 Å². The molecule has 1 atom stereocenters. The van der Waals surface area contributed by atoms with E-state index in [0.29, 0.717) is 19.3 Å². The van der Waals surface area contributed by atoms with Crippen LogP contribution in [0.15, 0.2) is 97.2 Å². The quantitative estimate of drug-likeness (QED) is 0.0261. The first-order valence-electron chi connectivity index (χ1n) is 29.7. The Balaban J connectivity index is 4.22. The van der Waals surface area contributed by atoms with E-state index in [0.717, 1.165) is 122 Å². The summed E-state index contributed by atoms with van der Waals surface area (Å²) in [6.45, 7) is 6.46. The number of hydrogen-bond donors (Lipinski definition) is 0. The summed E-state index contributed by atoms with van der Waals surface area (Å²) >= 11 is 0. The van der Waals surface area contributed by atoms with E-state index in [1.165, 1.54) is 116 Å². The number of carbonyl (C=O) groups excluding carboxylic acids is 3. The van der Waals surface area contributed by atoms with Crippen LogP contribution in [0.4, 0.5) is 0 Å². The first kappa shape index (κ1) is 67.3. The molecule has 6 nitrogen and oxygen atoms in total. The zero-order chi connectivity index (χ0) is 51.4. The van der Waals surface area contributed by atoms with Gasteiger partial charge in [-0.05, 0) is 96.3 Å². The van der Waals surface area contributed by atoms with E-state index < -0.39 is 6.10 Å². The third-order valence-electron chi connectivity index (χ3n) is 12.6. The van der Waals surface area contributed by atoms with Gasteiger partial charge >= 0.3 is 17.9 Å². The minimum absolute atomic E-state index is 0.0822. The maximum absolute atomic E-state index is 12.8. The molecular weight excluding hydrogens is 877 g/mol. The number of carbonyl (C=O) groups is 3. The van der Waals surface area contributed by atoms with E-state index in [1.807, 2.05) is 0 Å². The number of rotatable bonds is 53. The summed E-state index contributed by atoms with van der Waals surface area (Å²) in [5.41, 5.74) is 0. The fraction of sp³-hybridized carbons (Fsp3) is 0.708. The Morgan fingerprint density at radius 1 is 0.296 bits per heavy atom. The van der Waals surface area contributed by atoms with Crippen molar-refractivity contribution in [1.82, 2.24) is 0 Å². The number of unbranched alkanes of at least 4 members (excludes halogenated alkanes) is 26. The molecule has 406 valence electrons. The lowest BCUT2D eigenvalue weighted by Crippen LogP contribution is -2.30. The van der Waals surface area contributed by atoms with Gasteiger partial charge in [0.25, 0.3) is 0 Å². The molecule has 6 heteroatoms. The summed E-state index contributed by atoms with van der Waals surface area (Å²) in [6, 6.07) is 0. The molecule has 0 rings (SSSR count). The van der Waals surface area contributed by atoms with Gasteiger partial charge in [0.1, 0.15) is 13.2 Å². The van der Waals surface area contributed by atoms with E-state index in [4.69, 9.17) is 14.2 Å². The predicted molar refractivity (Wildman–Crippen MR) is 307 cm³/mol. The molecule has 0 aromatic carbocycles. The first-order valence-corrected chi connectivity index (χ1v) is 29.7. The highest BCUT2D eigenvalue weighted by atomic mass is 16.6. The average molecular weight is 988 g/mol. The SMILES string of the molecule is CC/C=C\C/C=C\C/C=C\C/C=C\C/C=C\C/C=C\CCCCCCCCCCCCC(=O)OCC(COC(=O)CCCCCCCCCCCC)OC(=O)CCCCCCC/C=C\C/C=C\CCCC. The third-order valence-corrected chi connectivity index (χ3v) is 12.6. The Morgan fingerprint density at radius 3 is 0.901 bits per heavy atom. The van der Waals surface area contributed by atoms with Gasteiger partial charge in [0.15, 0.2) is 6.10 Å². The van der Waals surface area contributed by atoms with E-state index >= 15 is 0 Å². The molecule has 0 bridgehead atoms. The summed E-state index contributed by atoms with van der Waals surface area (Å²) < 4.78 is 16.8. The molecule has 0 radical (unpaired) electrons. The van der Waals surface area contributed by atoms with Crippen molar-refractivity contribution in [2.75, 3.05) is 13.2 Å². The lowest BCUT2D eigenvalue weighted by atomic mass is 10.1. The van der Waals surface area contributed by atoms with Gasteiger partial charge in [0.2, 0.25) is 0 Å². The van der Waals surface area contributed by atoms with Crippen LogP contribution < -0.4 is 0 Å². The summed E-state index contributed by atoms with van der Waals surface area (Å²) in [4.78, 5) is 38.1. The molecule has 0 aliphatic rings. The van der Waals surface area contributed by atoms with Crippen LogP contribution in [0.5, 0.6) is 0 Å². The molecule has 0 saturated carbocycles. The maximum Gasteiger partial charge on any atom is 0.306 e. The van der Waals surface area contributed by atoms with Crippen LogP contribution in [0.3, 0.4) is 0 Å². The molecule has 0 spiro atoms. The lowest BCUT2D eigenvalue weighted by Gasteiger charge is -2.18.